The fourth-order valence-corrected chi connectivity index (χ4v) is 3.79. The first kappa shape index (κ1) is 17.1. The number of rotatable bonds is 6. The maximum Gasteiger partial charge on any atom is 0.234 e. The fraction of sp³-hybridized carbons (Fsp3) is 0.421. The predicted octanol–water partition coefficient (Wildman–Crippen LogP) is 2.74. The molecule has 2 heterocycles. The summed E-state index contributed by atoms with van der Waals surface area (Å²) in [5.74, 6) is 0.109. The molecule has 1 aliphatic rings. The highest BCUT2D eigenvalue weighted by atomic mass is 32.1. The van der Waals surface area contributed by atoms with E-state index < -0.39 is 0 Å². The molecule has 1 aliphatic heterocycles. The van der Waals surface area contributed by atoms with Gasteiger partial charge in [0.2, 0.25) is 5.91 Å². The van der Waals surface area contributed by atoms with Crippen molar-refractivity contribution in [2.45, 2.75) is 19.5 Å². The van der Waals surface area contributed by atoms with Crippen LogP contribution in [0.4, 0.5) is 0 Å². The highest BCUT2D eigenvalue weighted by Crippen LogP contribution is 2.14. The molecule has 1 N–H and O–H groups in total. The molecule has 0 radical (unpaired) electrons. The second-order valence-electron chi connectivity index (χ2n) is 6.33. The van der Waals surface area contributed by atoms with Crippen molar-refractivity contribution in [3.8, 4) is 0 Å². The molecular formula is C19H25N3OS. The van der Waals surface area contributed by atoms with Crippen LogP contribution in [0, 0.1) is 0 Å². The van der Waals surface area contributed by atoms with Gasteiger partial charge < -0.3 is 5.32 Å². The monoisotopic (exact) mass is 343 g/mol. The van der Waals surface area contributed by atoms with Gasteiger partial charge >= 0.3 is 0 Å². The summed E-state index contributed by atoms with van der Waals surface area (Å²) in [4.78, 5) is 18.4. The summed E-state index contributed by atoms with van der Waals surface area (Å²) in [7, 11) is 0. The largest absolute Gasteiger partial charge is 0.348 e. The Morgan fingerprint density at radius 3 is 2.46 bits per heavy atom. The van der Waals surface area contributed by atoms with Crippen molar-refractivity contribution in [1.29, 1.82) is 0 Å². The molecule has 1 aromatic carbocycles. The SMILES string of the molecule is CC(NC(=O)CN1CCN(Cc2cccs2)CC1)c1ccccc1. The Hall–Kier alpha value is -1.69. The molecular weight excluding hydrogens is 318 g/mol. The van der Waals surface area contributed by atoms with Gasteiger partial charge in [0.05, 0.1) is 12.6 Å². The van der Waals surface area contributed by atoms with Crippen LogP contribution in [0.5, 0.6) is 0 Å². The highest BCUT2D eigenvalue weighted by molar-refractivity contribution is 7.09. The number of nitrogens with zero attached hydrogens (tertiary/aromatic N) is 2. The van der Waals surface area contributed by atoms with Gasteiger partial charge in [-0.1, -0.05) is 36.4 Å². The molecule has 0 spiro atoms. The number of nitrogens with one attached hydrogen (secondary N) is 1. The summed E-state index contributed by atoms with van der Waals surface area (Å²) in [6, 6.07) is 14.5. The average Bonchev–Trinajstić information content (AvgIpc) is 3.10. The first-order valence-electron chi connectivity index (χ1n) is 8.52. The number of hydrogen-bond acceptors (Lipinski definition) is 4. The zero-order valence-corrected chi connectivity index (χ0v) is 15.0. The lowest BCUT2D eigenvalue weighted by atomic mass is 10.1. The highest BCUT2D eigenvalue weighted by Gasteiger charge is 2.20. The van der Waals surface area contributed by atoms with E-state index in [4.69, 9.17) is 0 Å². The van der Waals surface area contributed by atoms with Crippen LogP contribution in [0.15, 0.2) is 47.8 Å². The van der Waals surface area contributed by atoms with Crippen LogP contribution in [0.3, 0.4) is 0 Å². The van der Waals surface area contributed by atoms with E-state index in [0.717, 1.165) is 38.3 Å². The molecule has 3 rings (SSSR count). The molecule has 1 amide bonds. The third-order valence-corrected chi connectivity index (χ3v) is 5.33. The Bertz CT molecular complexity index is 621. The zero-order chi connectivity index (χ0) is 16.8. The number of amides is 1. The molecule has 0 saturated carbocycles. The van der Waals surface area contributed by atoms with E-state index in [1.54, 1.807) is 0 Å². The molecule has 24 heavy (non-hydrogen) atoms. The Labute approximate surface area is 148 Å². The summed E-state index contributed by atoms with van der Waals surface area (Å²) < 4.78 is 0. The van der Waals surface area contributed by atoms with Crippen LogP contribution in [0.2, 0.25) is 0 Å². The van der Waals surface area contributed by atoms with Gasteiger partial charge in [-0.15, -0.1) is 11.3 Å². The second-order valence-corrected chi connectivity index (χ2v) is 7.36. The lowest BCUT2D eigenvalue weighted by Crippen LogP contribution is -2.49. The van der Waals surface area contributed by atoms with Gasteiger partial charge in [0.25, 0.3) is 0 Å². The third-order valence-electron chi connectivity index (χ3n) is 4.47. The van der Waals surface area contributed by atoms with Gasteiger partial charge in [-0.2, -0.15) is 0 Å². The van der Waals surface area contributed by atoms with Gasteiger partial charge in [0, 0.05) is 37.6 Å². The van der Waals surface area contributed by atoms with E-state index >= 15 is 0 Å². The van der Waals surface area contributed by atoms with Crippen molar-refractivity contribution in [2.75, 3.05) is 32.7 Å². The maximum absolute atomic E-state index is 12.3. The summed E-state index contributed by atoms with van der Waals surface area (Å²) in [5, 5.41) is 5.23. The van der Waals surface area contributed by atoms with Crippen molar-refractivity contribution < 1.29 is 4.79 Å². The molecule has 128 valence electrons. The second kappa shape index (κ2) is 8.42. The topological polar surface area (TPSA) is 35.6 Å². The van der Waals surface area contributed by atoms with Crippen LogP contribution < -0.4 is 5.32 Å². The molecule has 1 atom stereocenters. The van der Waals surface area contributed by atoms with Crippen molar-refractivity contribution in [3.05, 3.63) is 58.3 Å². The molecule has 2 aromatic rings. The van der Waals surface area contributed by atoms with E-state index in [1.807, 2.05) is 48.6 Å². The number of benzene rings is 1. The van der Waals surface area contributed by atoms with Gasteiger partial charge in [0.15, 0.2) is 0 Å². The molecule has 0 bridgehead atoms. The minimum absolute atomic E-state index is 0.0545. The van der Waals surface area contributed by atoms with Crippen LogP contribution in [0.1, 0.15) is 23.4 Å². The predicted molar refractivity (Wildman–Crippen MR) is 99.0 cm³/mol. The first-order chi connectivity index (χ1) is 11.7. The molecule has 1 aromatic heterocycles. The fourth-order valence-electron chi connectivity index (χ4n) is 3.04. The normalized spacial score (nSPS) is 17.5. The Morgan fingerprint density at radius 1 is 1.08 bits per heavy atom. The van der Waals surface area contributed by atoms with Crippen molar-refractivity contribution in [1.82, 2.24) is 15.1 Å². The number of carbonyl (C=O) groups is 1. The quantitative estimate of drug-likeness (QED) is 0.876. The van der Waals surface area contributed by atoms with E-state index in [9.17, 15) is 4.79 Å². The minimum Gasteiger partial charge on any atom is -0.348 e. The summed E-state index contributed by atoms with van der Waals surface area (Å²) in [5.41, 5.74) is 1.15. The van der Waals surface area contributed by atoms with E-state index in [-0.39, 0.29) is 11.9 Å². The lowest BCUT2D eigenvalue weighted by molar-refractivity contribution is -0.123. The number of piperazine rings is 1. The van der Waals surface area contributed by atoms with E-state index in [1.165, 1.54) is 4.88 Å². The standard InChI is InChI=1S/C19H25N3OS/c1-16(17-6-3-2-4-7-17)20-19(23)15-22-11-9-21(10-12-22)14-18-8-5-13-24-18/h2-8,13,16H,9-12,14-15H2,1H3,(H,20,23). The number of carbonyl (C=O) groups excluding carboxylic acids is 1. The average molecular weight is 343 g/mol. The number of thiophene rings is 1. The summed E-state index contributed by atoms with van der Waals surface area (Å²) >= 11 is 1.81. The van der Waals surface area contributed by atoms with Gasteiger partial charge in [-0.05, 0) is 23.9 Å². The zero-order valence-electron chi connectivity index (χ0n) is 14.1. The molecule has 1 unspecified atom stereocenters. The first-order valence-corrected chi connectivity index (χ1v) is 9.40. The molecule has 1 saturated heterocycles. The third kappa shape index (κ3) is 4.90. The lowest BCUT2D eigenvalue weighted by Gasteiger charge is -2.34. The Kier molecular flexibility index (Phi) is 6.01. The van der Waals surface area contributed by atoms with Crippen LogP contribution in [-0.4, -0.2) is 48.4 Å². The van der Waals surface area contributed by atoms with Crippen molar-refractivity contribution >= 4 is 17.2 Å². The van der Waals surface area contributed by atoms with Gasteiger partial charge in [-0.25, -0.2) is 0 Å². The summed E-state index contributed by atoms with van der Waals surface area (Å²) in [6.45, 7) is 7.52. The van der Waals surface area contributed by atoms with Crippen LogP contribution >= 0.6 is 11.3 Å². The Balaban J connectivity index is 1.40. The number of hydrogen-bond donors (Lipinski definition) is 1. The molecule has 4 nitrogen and oxygen atoms in total. The van der Waals surface area contributed by atoms with Crippen molar-refractivity contribution in [2.24, 2.45) is 0 Å². The Morgan fingerprint density at radius 2 is 1.79 bits per heavy atom. The maximum atomic E-state index is 12.3. The van der Waals surface area contributed by atoms with Crippen LogP contribution in [-0.2, 0) is 11.3 Å². The minimum atomic E-state index is 0.0545. The molecule has 5 heteroatoms. The molecule has 1 fully saturated rings. The molecule has 0 aliphatic carbocycles. The van der Waals surface area contributed by atoms with E-state index in [0.29, 0.717) is 6.54 Å². The smallest absolute Gasteiger partial charge is 0.234 e. The van der Waals surface area contributed by atoms with E-state index in [2.05, 4.69) is 32.6 Å². The van der Waals surface area contributed by atoms with Gasteiger partial charge in [-0.3, -0.25) is 14.6 Å². The van der Waals surface area contributed by atoms with Gasteiger partial charge in [0.1, 0.15) is 0 Å². The summed E-state index contributed by atoms with van der Waals surface area (Å²) in [6.07, 6.45) is 0. The van der Waals surface area contributed by atoms with Crippen LogP contribution in [0.25, 0.3) is 0 Å². The van der Waals surface area contributed by atoms with Crippen molar-refractivity contribution in [3.63, 3.8) is 0 Å².